The number of nitrogens with one attached hydrogen (secondary N) is 1. The first kappa shape index (κ1) is 12.5. The highest BCUT2D eigenvalue weighted by Gasteiger charge is 2.11. The van der Waals surface area contributed by atoms with Crippen LogP contribution in [0.4, 0.5) is 5.82 Å². The van der Waals surface area contributed by atoms with E-state index in [0.29, 0.717) is 0 Å². The van der Waals surface area contributed by atoms with E-state index < -0.39 is 0 Å². The highest BCUT2D eigenvalue weighted by Crippen LogP contribution is 2.33. The molecule has 5 heteroatoms. The molecular weight excluding hydrogens is 298 g/mol. The van der Waals surface area contributed by atoms with Gasteiger partial charge in [-0.15, -0.1) is 0 Å². The monoisotopic (exact) mass is 311 g/mol. The summed E-state index contributed by atoms with van der Waals surface area (Å²) >= 11 is 5.21. The van der Waals surface area contributed by atoms with Gasteiger partial charge in [-0.25, -0.2) is 9.97 Å². The summed E-state index contributed by atoms with van der Waals surface area (Å²) in [6.45, 7) is 5.12. The third-order valence-corrected chi connectivity index (χ3v) is 4.20. The van der Waals surface area contributed by atoms with Crippen molar-refractivity contribution in [3.63, 3.8) is 0 Å². The Bertz CT molecular complexity index is 510. The van der Waals surface area contributed by atoms with Crippen molar-refractivity contribution >= 4 is 33.1 Å². The van der Waals surface area contributed by atoms with E-state index in [0.717, 1.165) is 40.1 Å². The van der Waals surface area contributed by atoms with Crippen LogP contribution in [0.3, 0.4) is 0 Å². The number of nitrogens with zero attached hydrogens (tertiary/aromatic N) is 2. The second-order valence-electron chi connectivity index (χ2n) is 3.76. The van der Waals surface area contributed by atoms with Gasteiger partial charge in [0.05, 0.1) is 5.69 Å². The standard InChI is InChI=1S/C12H14BrN3S/c1-3-4-14-12-8(2)11(15-7-16-12)9-5-17-6-10(9)13/h5-7H,3-4H2,1-2H3,(H,14,15,16). The Hall–Kier alpha value is -0.940. The van der Waals surface area contributed by atoms with Gasteiger partial charge in [-0.2, -0.15) is 11.3 Å². The maximum absolute atomic E-state index is 4.38. The van der Waals surface area contributed by atoms with Crippen LogP contribution in [0.1, 0.15) is 18.9 Å². The second-order valence-corrected chi connectivity index (χ2v) is 5.35. The number of anilines is 1. The molecule has 2 aromatic rings. The first-order valence-corrected chi connectivity index (χ1v) is 7.25. The molecule has 0 radical (unpaired) electrons. The van der Waals surface area contributed by atoms with Crippen LogP contribution in [0.25, 0.3) is 11.3 Å². The van der Waals surface area contributed by atoms with Crippen molar-refractivity contribution in [2.75, 3.05) is 11.9 Å². The minimum atomic E-state index is 0.926. The average molecular weight is 312 g/mol. The molecule has 0 saturated carbocycles. The zero-order valence-corrected chi connectivity index (χ0v) is 12.2. The van der Waals surface area contributed by atoms with Crippen LogP contribution in [0.5, 0.6) is 0 Å². The molecule has 2 heterocycles. The fraction of sp³-hybridized carbons (Fsp3) is 0.333. The van der Waals surface area contributed by atoms with E-state index in [9.17, 15) is 0 Å². The molecule has 0 fully saturated rings. The summed E-state index contributed by atoms with van der Waals surface area (Å²) in [4.78, 5) is 8.66. The van der Waals surface area contributed by atoms with Gasteiger partial charge in [0.15, 0.2) is 0 Å². The largest absolute Gasteiger partial charge is 0.370 e. The molecule has 2 rings (SSSR count). The van der Waals surface area contributed by atoms with Gasteiger partial charge < -0.3 is 5.32 Å². The van der Waals surface area contributed by atoms with Crippen molar-refractivity contribution in [3.8, 4) is 11.3 Å². The predicted octanol–water partition coefficient (Wildman–Crippen LogP) is 4.10. The molecule has 0 aromatic carbocycles. The molecule has 2 aromatic heterocycles. The molecule has 0 amide bonds. The molecule has 17 heavy (non-hydrogen) atoms. The highest BCUT2D eigenvalue weighted by atomic mass is 79.9. The topological polar surface area (TPSA) is 37.8 Å². The summed E-state index contributed by atoms with van der Waals surface area (Å²) in [7, 11) is 0. The predicted molar refractivity (Wildman–Crippen MR) is 76.6 cm³/mol. The van der Waals surface area contributed by atoms with E-state index in [2.05, 4.69) is 55.8 Å². The average Bonchev–Trinajstić information content (AvgIpc) is 2.74. The lowest BCUT2D eigenvalue weighted by Gasteiger charge is -2.10. The maximum Gasteiger partial charge on any atom is 0.132 e. The van der Waals surface area contributed by atoms with Crippen LogP contribution in [0.2, 0.25) is 0 Å². The van der Waals surface area contributed by atoms with E-state index in [4.69, 9.17) is 0 Å². The SMILES string of the molecule is CCCNc1ncnc(-c2cscc2Br)c1C. The molecule has 0 aliphatic heterocycles. The van der Waals surface area contributed by atoms with Crippen LogP contribution in [-0.2, 0) is 0 Å². The summed E-state index contributed by atoms with van der Waals surface area (Å²) in [5.74, 6) is 0.926. The first-order chi connectivity index (χ1) is 8.24. The van der Waals surface area contributed by atoms with Crippen LogP contribution in [0, 0.1) is 6.92 Å². The van der Waals surface area contributed by atoms with Crippen molar-refractivity contribution in [3.05, 3.63) is 27.1 Å². The van der Waals surface area contributed by atoms with Crippen LogP contribution >= 0.6 is 27.3 Å². The van der Waals surface area contributed by atoms with Gasteiger partial charge >= 0.3 is 0 Å². The fourth-order valence-corrected chi connectivity index (χ4v) is 3.06. The normalized spacial score (nSPS) is 10.5. The number of rotatable bonds is 4. The molecule has 3 nitrogen and oxygen atoms in total. The minimum Gasteiger partial charge on any atom is -0.370 e. The molecule has 0 unspecified atom stereocenters. The Morgan fingerprint density at radius 3 is 2.82 bits per heavy atom. The van der Waals surface area contributed by atoms with Crippen molar-refractivity contribution in [1.29, 1.82) is 0 Å². The van der Waals surface area contributed by atoms with Gasteiger partial charge in [0.25, 0.3) is 0 Å². The third kappa shape index (κ3) is 2.66. The molecule has 0 atom stereocenters. The Kier molecular flexibility index (Phi) is 4.12. The summed E-state index contributed by atoms with van der Waals surface area (Å²) < 4.78 is 1.09. The summed E-state index contributed by atoms with van der Waals surface area (Å²) in [5.41, 5.74) is 3.22. The smallest absolute Gasteiger partial charge is 0.132 e. The molecule has 90 valence electrons. The van der Waals surface area contributed by atoms with Gasteiger partial charge in [-0.3, -0.25) is 0 Å². The number of hydrogen-bond acceptors (Lipinski definition) is 4. The molecule has 0 spiro atoms. The molecule has 0 saturated heterocycles. The summed E-state index contributed by atoms with van der Waals surface area (Å²) in [6.07, 6.45) is 2.70. The Balaban J connectivity index is 2.39. The van der Waals surface area contributed by atoms with Gasteiger partial charge in [0, 0.05) is 32.9 Å². The van der Waals surface area contributed by atoms with E-state index in [1.54, 1.807) is 17.7 Å². The molecule has 0 aliphatic carbocycles. The van der Waals surface area contributed by atoms with E-state index in [1.807, 2.05) is 0 Å². The van der Waals surface area contributed by atoms with Gasteiger partial charge in [-0.1, -0.05) is 6.92 Å². The molecule has 0 bridgehead atoms. The van der Waals surface area contributed by atoms with Crippen molar-refractivity contribution < 1.29 is 0 Å². The maximum atomic E-state index is 4.38. The highest BCUT2D eigenvalue weighted by molar-refractivity contribution is 9.10. The zero-order valence-electron chi connectivity index (χ0n) is 9.83. The lowest BCUT2D eigenvalue weighted by atomic mass is 10.1. The number of thiophene rings is 1. The quantitative estimate of drug-likeness (QED) is 0.923. The molecule has 0 aliphatic rings. The second kappa shape index (κ2) is 5.60. The lowest BCUT2D eigenvalue weighted by molar-refractivity contribution is 0.960. The zero-order chi connectivity index (χ0) is 12.3. The van der Waals surface area contributed by atoms with Crippen LogP contribution < -0.4 is 5.32 Å². The Morgan fingerprint density at radius 2 is 2.18 bits per heavy atom. The van der Waals surface area contributed by atoms with E-state index >= 15 is 0 Å². The van der Waals surface area contributed by atoms with Gasteiger partial charge in [-0.05, 0) is 29.3 Å². The summed E-state index contributed by atoms with van der Waals surface area (Å²) in [5, 5.41) is 7.49. The van der Waals surface area contributed by atoms with Crippen molar-refractivity contribution in [2.24, 2.45) is 0 Å². The van der Waals surface area contributed by atoms with Crippen molar-refractivity contribution in [2.45, 2.75) is 20.3 Å². The van der Waals surface area contributed by atoms with Crippen LogP contribution in [-0.4, -0.2) is 16.5 Å². The van der Waals surface area contributed by atoms with Gasteiger partial charge in [0.1, 0.15) is 12.1 Å². The number of hydrogen-bond donors (Lipinski definition) is 1. The molecule has 1 N–H and O–H groups in total. The first-order valence-electron chi connectivity index (χ1n) is 5.51. The number of halogens is 1. The fourth-order valence-electron chi connectivity index (χ4n) is 1.59. The Morgan fingerprint density at radius 1 is 1.35 bits per heavy atom. The van der Waals surface area contributed by atoms with E-state index in [-0.39, 0.29) is 0 Å². The Labute approximate surface area is 113 Å². The summed E-state index contributed by atoms with van der Waals surface area (Å²) in [6, 6.07) is 0. The van der Waals surface area contributed by atoms with Gasteiger partial charge in [0.2, 0.25) is 0 Å². The lowest BCUT2D eigenvalue weighted by Crippen LogP contribution is -2.05. The minimum absolute atomic E-state index is 0.926. The van der Waals surface area contributed by atoms with Crippen LogP contribution in [0.15, 0.2) is 21.6 Å². The van der Waals surface area contributed by atoms with Crippen molar-refractivity contribution in [1.82, 2.24) is 9.97 Å². The third-order valence-electron chi connectivity index (χ3n) is 2.50. The van der Waals surface area contributed by atoms with E-state index in [1.165, 1.54) is 0 Å². The molecular formula is C12H14BrN3S. The number of aromatic nitrogens is 2.